The van der Waals surface area contributed by atoms with Crippen LogP contribution < -0.4 is 0 Å². The van der Waals surface area contributed by atoms with Crippen molar-refractivity contribution in [3.05, 3.63) is 88.5 Å². The monoisotopic (exact) mass is 393 g/mol. The molecule has 2 heterocycles. The lowest BCUT2D eigenvalue weighted by Gasteiger charge is -2.05. The maximum absolute atomic E-state index is 13.2. The van der Waals surface area contributed by atoms with E-state index in [9.17, 15) is 4.79 Å². The molecule has 0 N–H and O–H groups in total. The van der Waals surface area contributed by atoms with Gasteiger partial charge in [0.15, 0.2) is 5.78 Å². The Balaban J connectivity index is 1.98. The summed E-state index contributed by atoms with van der Waals surface area (Å²) in [4.78, 5) is 18.6. The van der Waals surface area contributed by atoms with E-state index < -0.39 is 0 Å². The Morgan fingerprint density at radius 2 is 1.79 bits per heavy atom. The molecule has 0 saturated heterocycles. The van der Waals surface area contributed by atoms with E-state index in [1.165, 1.54) is 0 Å². The molecule has 24 heavy (non-hydrogen) atoms. The maximum atomic E-state index is 13.2. The summed E-state index contributed by atoms with van der Waals surface area (Å²) >= 11 is 5.05. The number of hydrogen-bond donors (Lipinski definition) is 0. The van der Waals surface area contributed by atoms with Gasteiger partial charge in [-0.3, -0.25) is 9.78 Å². The molecule has 0 aliphatic carbocycles. The largest absolute Gasteiger partial charge is 0.289 e. The highest BCUT2D eigenvalue weighted by Crippen LogP contribution is 2.39. The summed E-state index contributed by atoms with van der Waals surface area (Å²) in [5, 5.41) is 0.980. The smallest absolute Gasteiger partial charge is 0.195 e. The third-order valence-corrected chi connectivity index (χ3v) is 5.49. The van der Waals surface area contributed by atoms with Crippen LogP contribution in [0.1, 0.15) is 15.9 Å². The quantitative estimate of drug-likeness (QED) is 0.402. The maximum Gasteiger partial charge on any atom is 0.195 e. The van der Waals surface area contributed by atoms with E-state index in [0.29, 0.717) is 5.56 Å². The molecule has 2 aromatic heterocycles. The van der Waals surface area contributed by atoms with Gasteiger partial charge in [-0.1, -0.05) is 52.3 Å². The van der Waals surface area contributed by atoms with Crippen LogP contribution in [0, 0.1) is 0 Å². The lowest BCUT2D eigenvalue weighted by atomic mass is 9.99. The second-order valence-electron chi connectivity index (χ2n) is 5.36. The summed E-state index contributed by atoms with van der Waals surface area (Å²) in [6, 6.07) is 21.3. The third kappa shape index (κ3) is 2.68. The van der Waals surface area contributed by atoms with Crippen molar-refractivity contribution in [2.45, 2.75) is 0 Å². The number of hydrogen-bond acceptors (Lipinski definition) is 3. The van der Waals surface area contributed by atoms with Crippen LogP contribution in [0.2, 0.25) is 0 Å². The van der Waals surface area contributed by atoms with Gasteiger partial charge in [-0.05, 0) is 30.3 Å². The molecule has 0 aliphatic rings. The van der Waals surface area contributed by atoms with Crippen molar-refractivity contribution < 1.29 is 4.79 Å². The molecular weight excluding hydrogens is 382 g/mol. The van der Waals surface area contributed by atoms with Gasteiger partial charge < -0.3 is 0 Å². The van der Waals surface area contributed by atoms with Gasteiger partial charge in [0.1, 0.15) is 0 Å². The highest BCUT2D eigenvalue weighted by molar-refractivity contribution is 9.10. The van der Waals surface area contributed by atoms with Crippen LogP contribution in [0.4, 0.5) is 0 Å². The number of nitrogens with zero attached hydrogens (tertiary/aromatic N) is 1. The highest BCUT2D eigenvalue weighted by atomic mass is 79.9. The van der Waals surface area contributed by atoms with Crippen molar-refractivity contribution in [2.75, 3.05) is 0 Å². The number of rotatable bonds is 3. The zero-order valence-corrected chi connectivity index (χ0v) is 15.0. The number of thiophene rings is 1. The third-order valence-electron chi connectivity index (χ3n) is 3.81. The molecule has 0 unspecified atom stereocenters. The molecule has 0 saturated carbocycles. The van der Waals surface area contributed by atoms with Gasteiger partial charge in [0.2, 0.25) is 0 Å². The number of carbonyl (C=O) groups excluding carboxylic acids is 1. The predicted octanol–water partition coefficient (Wildman–Crippen LogP) is 5.96. The second kappa shape index (κ2) is 6.30. The summed E-state index contributed by atoms with van der Waals surface area (Å²) in [6.45, 7) is 0. The molecule has 0 fully saturated rings. The van der Waals surface area contributed by atoms with Gasteiger partial charge in [-0.25, -0.2) is 0 Å². The molecule has 4 rings (SSSR count). The zero-order valence-electron chi connectivity index (χ0n) is 12.6. The average molecular weight is 394 g/mol. The second-order valence-corrected chi connectivity index (χ2v) is 7.32. The molecule has 116 valence electrons. The van der Waals surface area contributed by atoms with Gasteiger partial charge in [0, 0.05) is 26.3 Å². The molecule has 2 nitrogen and oxygen atoms in total. The molecule has 0 amide bonds. The number of fused-ring (bicyclic) bond motifs is 1. The summed E-state index contributed by atoms with van der Waals surface area (Å²) in [6.07, 6.45) is 1.76. The van der Waals surface area contributed by atoms with Gasteiger partial charge in [-0.2, -0.15) is 0 Å². The van der Waals surface area contributed by atoms with Crippen LogP contribution in [0.3, 0.4) is 0 Å². The van der Waals surface area contributed by atoms with E-state index in [0.717, 1.165) is 30.7 Å². The summed E-state index contributed by atoms with van der Waals surface area (Å²) in [7, 11) is 0. The van der Waals surface area contributed by atoms with Crippen LogP contribution in [0.5, 0.6) is 0 Å². The zero-order chi connectivity index (χ0) is 16.5. The minimum absolute atomic E-state index is 0.0226. The van der Waals surface area contributed by atoms with E-state index in [2.05, 4.69) is 20.9 Å². The van der Waals surface area contributed by atoms with Crippen molar-refractivity contribution in [1.29, 1.82) is 0 Å². The SMILES string of the molecule is O=C(c1cccc(Br)c1)c1c(-c2ccccn2)sc2ccccc12. The first-order valence-electron chi connectivity index (χ1n) is 7.47. The number of aromatic nitrogens is 1. The van der Waals surface area contributed by atoms with Gasteiger partial charge in [-0.15, -0.1) is 11.3 Å². The molecular formula is C20H12BrNOS. The van der Waals surface area contributed by atoms with Crippen LogP contribution >= 0.6 is 27.3 Å². The molecule has 0 atom stereocenters. The van der Waals surface area contributed by atoms with Crippen molar-refractivity contribution in [3.8, 4) is 10.6 Å². The lowest BCUT2D eigenvalue weighted by Crippen LogP contribution is -2.02. The predicted molar refractivity (Wildman–Crippen MR) is 103 cm³/mol. The fourth-order valence-corrected chi connectivity index (χ4v) is 4.30. The van der Waals surface area contributed by atoms with E-state index in [1.807, 2.05) is 66.7 Å². The topological polar surface area (TPSA) is 30.0 Å². The standard InChI is InChI=1S/C20H12BrNOS/c21-14-7-5-6-13(12-14)19(23)18-15-8-1-2-10-17(15)24-20(18)16-9-3-4-11-22-16/h1-12H. The minimum Gasteiger partial charge on any atom is -0.289 e. The normalized spacial score (nSPS) is 10.9. The van der Waals surface area contributed by atoms with Gasteiger partial charge in [0.05, 0.1) is 16.1 Å². The molecule has 0 aliphatic heterocycles. The van der Waals surface area contributed by atoms with Crippen molar-refractivity contribution in [1.82, 2.24) is 4.98 Å². The summed E-state index contributed by atoms with van der Waals surface area (Å²) in [5.41, 5.74) is 2.23. The van der Waals surface area contributed by atoms with Crippen molar-refractivity contribution in [2.24, 2.45) is 0 Å². The molecule has 4 heteroatoms. The minimum atomic E-state index is 0.0226. The molecule has 0 bridgehead atoms. The molecule has 4 aromatic rings. The van der Waals surface area contributed by atoms with Crippen molar-refractivity contribution in [3.63, 3.8) is 0 Å². The fraction of sp³-hybridized carbons (Fsp3) is 0. The molecule has 0 radical (unpaired) electrons. The number of ketones is 1. The summed E-state index contributed by atoms with van der Waals surface area (Å²) < 4.78 is 1.99. The molecule has 0 spiro atoms. The summed E-state index contributed by atoms with van der Waals surface area (Å²) in [5.74, 6) is 0.0226. The van der Waals surface area contributed by atoms with E-state index >= 15 is 0 Å². The van der Waals surface area contributed by atoms with Gasteiger partial charge in [0.25, 0.3) is 0 Å². The van der Waals surface area contributed by atoms with E-state index in [4.69, 9.17) is 0 Å². The fourth-order valence-electron chi connectivity index (χ4n) is 2.72. The first-order valence-corrected chi connectivity index (χ1v) is 9.08. The van der Waals surface area contributed by atoms with Crippen molar-refractivity contribution >= 4 is 43.1 Å². The van der Waals surface area contributed by atoms with Crippen LogP contribution in [0.15, 0.2) is 77.4 Å². The Morgan fingerprint density at radius 3 is 2.58 bits per heavy atom. The average Bonchev–Trinajstić information content (AvgIpc) is 3.01. The lowest BCUT2D eigenvalue weighted by molar-refractivity contribution is 0.104. The highest BCUT2D eigenvalue weighted by Gasteiger charge is 2.21. The van der Waals surface area contributed by atoms with E-state index in [-0.39, 0.29) is 5.78 Å². The Morgan fingerprint density at radius 1 is 0.958 bits per heavy atom. The Hall–Kier alpha value is -2.30. The first-order chi connectivity index (χ1) is 11.7. The number of halogens is 1. The number of carbonyl (C=O) groups is 1. The number of pyridine rings is 1. The van der Waals surface area contributed by atoms with E-state index in [1.54, 1.807) is 17.5 Å². The van der Waals surface area contributed by atoms with Crippen LogP contribution in [0.25, 0.3) is 20.7 Å². The van der Waals surface area contributed by atoms with Crippen LogP contribution in [-0.2, 0) is 0 Å². The first kappa shape index (κ1) is 15.2. The van der Waals surface area contributed by atoms with Crippen LogP contribution in [-0.4, -0.2) is 10.8 Å². The molecule has 2 aromatic carbocycles. The Labute approximate surface area is 151 Å². The van der Waals surface area contributed by atoms with Gasteiger partial charge >= 0.3 is 0 Å². The Bertz CT molecular complexity index is 1040. The number of benzene rings is 2. The Kier molecular flexibility index (Phi) is 4.00.